The molecule has 0 bridgehead atoms. The molecule has 0 unspecified atom stereocenters. The van der Waals surface area contributed by atoms with Crippen molar-refractivity contribution in [1.82, 2.24) is 14.8 Å². The van der Waals surface area contributed by atoms with Crippen molar-refractivity contribution in [3.63, 3.8) is 0 Å². The Morgan fingerprint density at radius 3 is 3.17 bits per heavy atom. The minimum Gasteiger partial charge on any atom is -0.219 e. The van der Waals surface area contributed by atoms with Crippen LogP contribution < -0.4 is 4.57 Å². The highest BCUT2D eigenvalue weighted by Crippen LogP contribution is 2.03. The summed E-state index contributed by atoms with van der Waals surface area (Å²) < 4.78 is 4.34. The summed E-state index contributed by atoms with van der Waals surface area (Å²) in [6.07, 6.45) is 1.73. The molecule has 2 aromatic heterocycles. The van der Waals surface area contributed by atoms with Crippen LogP contribution in [0.15, 0.2) is 18.5 Å². The molecule has 0 aliphatic rings. The van der Waals surface area contributed by atoms with Crippen LogP contribution in [0.1, 0.15) is 0 Å². The number of nitrogens with zero attached hydrogens (tertiary/aromatic N) is 4. The summed E-state index contributed by atoms with van der Waals surface area (Å²) in [4.78, 5) is 0. The third-order valence-electron chi connectivity index (χ3n) is 1.49. The smallest absolute Gasteiger partial charge is 0.219 e. The third kappa shape index (κ3) is 1.27. The minimum absolute atomic E-state index is 0.450. The molecule has 0 atom stereocenters. The van der Waals surface area contributed by atoms with Gasteiger partial charge in [-0.3, -0.25) is 0 Å². The molecule has 0 aromatic carbocycles. The third-order valence-corrected chi connectivity index (χ3v) is 2.43. The minimum atomic E-state index is 0.450. The highest BCUT2D eigenvalue weighted by Gasteiger charge is 2.10. The van der Waals surface area contributed by atoms with Crippen molar-refractivity contribution in [1.29, 1.82) is 0 Å². The van der Waals surface area contributed by atoms with Crippen molar-refractivity contribution in [2.75, 3.05) is 0 Å². The molecule has 6 heteroatoms. The quantitative estimate of drug-likeness (QED) is 0.448. The van der Waals surface area contributed by atoms with Gasteiger partial charge in [-0.15, -0.1) is 0 Å². The maximum atomic E-state index is 5.69. The standard InChI is InChI=1S/C6H5ClIN4/c7-5-1-2-6-11(3-8)4-9-12(6)10-5/h1-2,4H,3H2/q+1. The molecule has 0 amide bonds. The molecule has 4 nitrogen and oxygen atoms in total. The average molecular weight is 295 g/mol. The lowest BCUT2D eigenvalue weighted by atomic mass is 10.5. The molecule has 2 heterocycles. The lowest BCUT2D eigenvalue weighted by Crippen LogP contribution is -2.28. The fourth-order valence-corrected chi connectivity index (χ4v) is 1.60. The highest BCUT2D eigenvalue weighted by atomic mass is 127. The van der Waals surface area contributed by atoms with E-state index < -0.39 is 0 Å². The number of rotatable bonds is 1. The Kier molecular flexibility index (Phi) is 2.14. The summed E-state index contributed by atoms with van der Waals surface area (Å²) in [7, 11) is 0. The van der Waals surface area contributed by atoms with E-state index in [-0.39, 0.29) is 0 Å². The maximum absolute atomic E-state index is 5.69. The summed E-state index contributed by atoms with van der Waals surface area (Å²) in [6, 6.07) is 3.64. The van der Waals surface area contributed by atoms with Gasteiger partial charge in [-0.25, -0.2) is 4.57 Å². The lowest BCUT2D eigenvalue weighted by molar-refractivity contribution is -0.645. The number of alkyl halides is 1. The van der Waals surface area contributed by atoms with E-state index >= 15 is 0 Å². The Morgan fingerprint density at radius 1 is 1.58 bits per heavy atom. The molecule has 12 heavy (non-hydrogen) atoms. The van der Waals surface area contributed by atoms with Gasteiger partial charge in [0.25, 0.3) is 12.0 Å². The maximum Gasteiger partial charge on any atom is 0.290 e. The molecule has 0 radical (unpaired) electrons. The zero-order chi connectivity index (χ0) is 8.55. The van der Waals surface area contributed by atoms with Crippen LogP contribution in [-0.2, 0) is 4.55 Å². The molecule has 62 valence electrons. The van der Waals surface area contributed by atoms with Crippen LogP contribution in [0.25, 0.3) is 5.65 Å². The molecular weight excluding hydrogens is 290 g/mol. The van der Waals surface area contributed by atoms with Gasteiger partial charge in [0.15, 0.2) is 5.15 Å². The Labute approximate surface area is 87.3 Å². The average Bonchev–Trinajstić information content (AvgIpc) is 2.46. The van der Waals surface area contributed by atoms with Gasteiger partial charge in [0.1, 0.15) is 4.55 Å². The Hall–Kier alpha value is -0.430. The number of hydrogen-bond donors (Lipinski definition) is 0. The van der Waals surface area contributed by atoms with E-state index in [2.05, 4.69) is 32.8 Å². The molecule has 2 rings (SSSR count). The van der Waals surface area contributed by atoms with Crippen molar-refractivity contribution in [2.45, 2.75) is 4.55 Å². The summed E-state index contributed by atoms with van der Waals surface area (Å²) in [5, 5.41) is 8.47. The topological polar surface area (TPSA) is 34.1 Å². The van der Waals surface area contributed by atoms with E-state index in [9.17, 15) is 0 Å². The Morgan fingerprint density at radius 2 is 2.42 bits per heavy atom. The summed E-state index contributed by atoms with van der Waals surface area (Å²) in [6.45, 7) is 0. The van der Waals surface area contributed by atoms with Crippen LogP contribution in [-0.4, -0.2) is 14.8 Å². The van der Waals surface area contributed by atoms with Crippen molar-refractivity contribution < 1.29 is 4.57 Å². The molecule has 0 N–H and O–H groups in total. The highest BCUT2D eigenvalue weighted by molar-refractivity contribution is 14.1. The second-order valence-electron chi connectivity index (χ2n) is 2.22. The summed E-state index contributed by atoms with van der Waals surface area (Å²) >= 11 is 7.94. The molecule has 0 fully saturated rings. The van der Waals surface area contributed by atoms with Crippen molar-refractivity contribution in [2.24, 2.45) is 0 Å². The van der Waals surface area contributed by atoms with Crippen molar-refractivity contribution >= 4 is 39.8 Å². The van der Waals surface area contributed by atoms with Gasteiger partial charge in [-0.05, 0) is 28.7 Å². The van der Waals surface area contributed by atoms with E-state index in [0.29, 0.717) is 5.15 Å². The monoisotopic (exact) mass is 295 g/mol. The van der Waals surface area contributed by atoms with Gasteiger partial charge in [-0.2, -0.15) is 0 Å². The molecule has 0 spiro atoms. The first-order valence-corrected chi connectivity index (χ1v) is 5.17. The second-order valence-corrected chi connectivity index (χ2v) is 3.29. The lowest BCUT2D eigenvalue weighted by Gasteiger charge is -1.87. The normalized spacial score (nSPS) is 10.8. The SMILES string of the molecule is Clc1ccc2n(nc[n+]2CI)n1. The van der Waals surface area contributed by atoms with Crippen LogP contribution in [0.5, 0.6) is 0 Å². The number of fused-ring (bicyclic) bond motifs is 1. The van der Waals surface area contributed by atoms with Gasteiger partial charge in [0.2, 0.25) is 0 Å². The first kappa shape index (κ1) is 8.18. The van der Waals surface area contributed by atoms with Gasteiger partial charge in [0.05, 0.1) is 5.10 Å². The molecular formula is C6H5ClIN4+. The van der Waals surface area contributed by atoms with Gasteiger partial charge >= 0.3 is 0 Å². The zero-order valence-electron chi connectivity index (χ0n) is 5.98. The Bertz CT molecular complexity index is 413. The molecule has 0 saturated heterocycles. The van der Waals surface area contributed by atoms with Crippen molar-refractivity contribution in [3.8, 4) is 0 Å². The number of aromatic nitrogens is 4. The fraction of sp³-hybridized carbons (Fsp3) is 0.167. The largest absolute Gasteiger partial charge is 0.290 e. The number of halogens is 2. The second kappa shape index (κ2) is 3.14. The van der Waals surface area contributed by atoms with Crippen molar-refractivity contribution in [3.05, 3.63) is 23.6 Å². The summed E-state index contributed by atoms with van der Waals surface area (Å²) in [5.41, 5.74) is 0.939. The molecule has 0 aliphatic carbocycles. The van der Waals surface area contributed by atoms with E-state index in [4.69, 9.17) is 11.6 Å². The first-order chi connectivity index (χ1) is 5.81. The molecule has 0 saturated carbocycles. The van der Waals surface area contributed by atoms with E-state index in [0.717, 1.165) is 10.2 Å². The summed E-state index contributed by atoms with van der Waals surface area (Å²) in [5.74, 6) is 0. The van der Waals surface area contributed by atoms with Crippen LogP contribution >= 0.6 is 34.2 Å². The van der Waals surface area contributed by atoms with Crippen LogP contribution in [0.4, 0.5) is 0 Å². The first-order valence-electron chi connectivity index (χ1n) is 3.27. The predicted octanol–water partition coefficient (Wildman–Crippen LogP) is 1.06. The zero-order valence-corrected chi connectivity index (χ0v) is 8.90. The molecule has 0 aliphatic heterocycles. The van der Waals surface area contributed by atoms with E-state index in [1.165, 1.54) is 4.63 Å². The van der Waals surface area contributed by atoms with Gasteiger partial charge < -0.3 is 0 Å². The van der Waals surface area contributed by atoms with Gasteiger partial charge in [-0.1, -0.05) is 16.7 Å². The van der Waals surface area contributed by atoms with Crippen LogP contribution in [0.3, 0.4) is 0 Å². The fourth-order valence-electron chi connectivity index (χ4n) is 0.943. The van der Waals surface area contributed by atoms with Gasteiger partial charge in [0, 0.05) is 10.7 Å². The van der Waals surface area contributed by atoms with E-state index in [1.54, 1.807) is 12.4 Å². The van der Waals surface area contributed by atoms with Crippen LogP contribution in [0.2, 0.25) is 5.15 Å². The number of hydrogen-bond acceptors (Lipinski definition) is 2. The predicted molar refractivity (Wildman–Crippen MR) is 52.2 cm³/mol. The molecule has 2 aromatic rings. The van der Waals surface area contributed by atoms with Crippen LogP contribution in [0, 0.1) is 0 Å². The Balaban J connectivity index is 2.73. The van der Waals surface area contributed by atoms with E-state index in [1.807, 2.05) is 10.6 Å².